The minimum absolute atomic E-state index is 0.776. The Morgan fingerprint density at radius 1 is 1.46 bits per heavy atom. The first-order valence-corrected chi connectivity index (χ1v) is 5.40. The summed E-state index contributed by atoms with van der Waals surface area (Å²) in [6.45, 7) is 2.07. The highest BCUT2D eigenvalue weighted by Crippen LogP contribution is 2.40. The fourth-order valence-electron chi connectivity index (χ4n) is 1.24. The van der Waals surface area contributed by atoms with Gasteiger partial charge in [-0.2, -0.15) is 0 Å². The molecule has 13 heavy (non-hydrogen) atoms. The maximum atomic E-state index is 10.5. The number of aldehydes is 1. The van der Waals surface area contributed by atoms with E-state index < -0.39 is 0 Å². The van der Waals surface area contributed by atoms with Crippen molar-refractivity contribution in [2.75, 3.05) is 0 Å². The smallest absolute Gasteiger partial charge is 0.150 e. The lowest BCUT2D eigenvalue weighted by Crippen LogP contribution is -1.85. The molecule has 0 amide bonds. The minimum Gasteiger partial charge on any atom is -0.298 e. The van der Waals surface area contributed by atoms with E-state index in [-0.39, 0.29) is 0 Å². The van der Waals surface area contributed by atoms with Crippen LogP contribution in [0.2, 0.25) is 0 Å². The Bertz CT molecular complexity index is 329. The monoisotopic (exact) mass is 192 g/mol. The van der Waals surface area contributed by atoms with Crippen LogP contribution in [0.5, 0.6) is 0 Å². The predicted octanol–water partition coefficient (Wildman–Crippen LogP) is 3.06. The van der Waals surface area contributed by atoms with Crippen LogP contribution in [0.1, 0.15) is 28.8 Å². The van der Waals surface area contributed by atoms with Crippen LogP contribution in [0.4, 0.5) is 0 Å². The topological polar surface area (TPSA) is 17.1 Å². The average molecular weight is 192 g/mol. The molecule has 0 N–H and O–H groups in total. The SMILES string of the molecule is Cc1cc(C=O)ccc1SC1CC1. The van der Waals surface area contributed by atoms with Crippen LogP contribution < -0.4 is 0 Å². The Hall–Kier alpha value is -0.760. The summed E-state index contributed by atoms with van der Waals surface area (Å²) < 4.78 is 0. The van der Waals surface area contributed by atoms with Crippen molar-refractivity contribution in [1.29, 1.82) is 0 Å². The Balaban J connectivity index is 2.20. The number of carbonyl (C=O) groups is 1. The van der Waals surface area contributed by atoms with E-state index in [1.807, 2.05) is 23.9 Å². The van der Waals surface area contributed by atoms with Crippen LogP contribution in [0.25, 0.3) is 0 Å². The maximum absolute atomic E-state index is 10.5. The molecule has 1 aromatic carbocycles. The van der Waals surface area contributed by atoms with E-state index in [1.165, 1.54) is 23.3 Å². The molecular weight excluding hydrogens is 180 g/mol. The molecule has 1 saturated carbocycles. The largest absolute Gasteiger partial charge is 0.298 e. The van der Waals surface area contributed by atoms with Gasteiger partial charge in [-0.15, -0.1) is 11.8 Å². The van der Waals surface area contributed by atoms with Crippen molar-refractivity contribution in [2.24, 2.45) is 0 Å². The second-order valence-electron chi connectivity index (χ2n) is 3.46. The number of hydrogen-bond donors (Lipinski definition) is 0. The Morgan fingerprint density at radius 3 is 2.77 bits per heavy atom. The molecule has 0 atom stereocenters. The molecule has 1 aliphatic carbocycles. The van der Waals surface area contributed by atoms with Crippen LogP contribution in [0, 0.1) is 6.92 Å². The van der Waals surface area contributed by atoms with Crippen LogP contribution in [-0.2, 0) is 0 Å². The summed E-state index contributed by atoms with van der Waals surface area (Å²) in [6, 6.07) is 5.91. The number of aryl methyl sites for hydroxylation is 1. The van der Waals surface area contributed by atoms with Gasteiger partial charge in [0, 0.05) is 15.7 Å². The van der Waals surface area contributed by atoms with E-state index in [0.717, 1.165) is 17.1 Å². The van der Waals surface area contributed by atoms with Gasteiger partial charge in [-0.1, -0.05) is 6.07 Å². The number of rotatable bonds is 3. The van der Waals surface area contributed by atoms with Crippen LogP contribution in [-0.4, -0.2) is 11.5 Å². The Morgan fingerprint density at radius 2 is 2.23 bits per heavy atom. The summed E-state index contributed by atoms with van der Waals surface area (Å²) in [5.74, 6) is 0. The van der Waals surface area contributed by atoms with Crippen molar-refractivity contribution in [2.45, 2.75) is 29.9 Å². The number of carbonyl (C=O) groups excluding carboxylic acids is 1. The zero-order valence-corrected chi connectivity index (χ0v) is 8.43. The first kappa shape index (κ1) is 8.82. The van der Waals surface area contributed by atoms with Crippen molar-refractivity contribution in [1.82, 2.24) is 0 Å². The van der Waals surface area contributed by atoms with Gasteiger partial charge in [0.1, 0.15) is 6.29 Å². The highest BCUT2D eigenvalue weighted by atomic mass is 32.2. The molecule has 0 heterocycles. The van der Waals surface area contributed by atoms with Gasteiger partial charge in [-0.25, -0.2) is 0 Å². The van der Waals surface area contributed by atoms with Gasteiger partial charge >= 0.3 is 0 Å². The van der Waals surface area contributed by atoms with E-state index in [0.29, 0.717) is 0 Å². The Labute approximate surface area is 82.5 Å². The molecule has 2 rings (SSSR count). The molecule has 2 heteroatoms. The van der Waals surface area contributed by atoms with Crippen molar-refractivity contribution in [3.8, 4) is 0 Å². The maximum Gasteiger partial charge on any atom is 0.150 e. The lowest BCUT2D eigenvalue weighted by Gasteiger charge is -2.04. The summed E-state index contributed by atoms with van der Waals surface area (Å²) in [5, 5.41) is 0.834. The molecule has 0 bridgehead atoms. The van der Waals surface area contributed by atoms with E-state index in [1.54, 1.807) is 0 Å². The lowest BCUT2D eigenvalue weighted by atomic mass is 10.2. The summed E-state index contributed by atoms with van der Waals surface area (Å²) in [7, 11) is 0. The van der Waals surface area contributed by atoms with Crippen molar-refractivity contribution in [3.63, 3.8) is 0 Å². The molecule has 0 aliphatic heterocycles. The third kappa shape index (κ3) is 2.13. The van der Waals surface area contributed by atoms with Crippen molar-refractivity contribution >= 4 is 18.0 Å². The predicted molar refractivity (Wildman–Crippen MR) is 55.4 cm³/mol. The van der Waals surface area contributed by atoms with E-state index >= 15 is 0 Å². The molecule has 0 saturated heterocycles. The van der Waals surface area contributed by atoms with Gasteiger partial charge in [0.2, 0.25) is 0 Å². The zero-order chi connectivity index (χ0) is 9.26. The summed E-state index contributed by atoms with van der Waals surface area (Å²) in [5.41, 5.74) is 2.00. The minimum atomic E-state index is 0.776. The lowest BCUT2D eigenvalue weighted by molar-refractivity contribution is 0.112. The van der Waals surface area contributed by atoms with Crippen molar-refractivity contribution in [3.05, 3.63) is 29.3 Å². The highest BCUT2D eigenvalue weighted by molar-refractivity contribution is 8.00. The standard InChI is InChI=1S/C11H12OS/c1-8-6-9(7-12)2-5-11(8)13-10-3-4-10/h2,5-7,10H,3-4H2,1H3. The number of benzene rings is 1. The molecule has 0 unspecified atom stereocenters. The summed E-state index contributed by atoms with van der Waals surface area (Å²) in [6.07, 6.45) is 3.59. The number of thioether (sulfide) groups is 1. The second kappa shape index (κ2) is 3.54. The molecule has 1 aliphatic rings. The molecule has 1 fully saturated rings. The molecule has 0 spiro atoms. The molecule has 0 aromatic heterocycles. The second-order valence-corrected chi connectivity index (χ2v) is 4.80. The normalized spacial score (nSPS) is 15.8. The van der Waals surface area contributed by atoms with Gasteiger partial charge < -0.3 is 0 Å². The molecular formula is C11H12OS. The average Bonchev–Trinajstić information content (AvgIpc) is 2.92. The first-order valence-electron chi connectivity index (χ1n) is 4.52. The number of hydrogen-bond acceptors (Lipinski definition) is 2. The highest BCUT2D eigenvalue weighted by Gasteiger charge is 2.22. The van der Waals surface area contributed by atoms with Crippen LogP contribution >= 0.6 is 11.8 Å². The molecule has 0 radical (unpaired) electrons. The fourth-order valence-corrected chi connectivity index (χ4v) is 2.37. The van der Waals surface area contributed by atoms with Gasteiger partial charge in [-0.05, 0) is 37.5 Å². The third-order valence-electron chi connectivity index (χ3n) is 2.15. The van der Waals surface area contributed by atoms with Gasteiger partial charge in [0.05, 0.1) is 0 Å². The zero-order valence-electron chi connectivity index (χ0n) is 7.62. The van der Waals surface area contributed by atoms with Gasteiger partial charge in [0.25, 0.3) is 0 Å². The summed E-state index contributed by atoms with van der Waals surface area (Å²) in [4.78, 5) is 11.8. The molecule has 1 nitrogen and oxygen atoms in total. The van der Waals surface area contributed by atoms with Crippen LogP contribution in [0.3, 0.4) is 0 Å². The summed E-state index contributed by atoms with van der Waals surface area (Å²) >= 11 is 1.94. The first-order chi connectivity index (χ1) is 6.29. The van der Waals surface area contributed by atoms with Gasteiger partial charge in [-0.3, -0.25) is 4.79 Å². The van der Waals surface area contributed by atoms with Crippen molar-refractivity contribution < 1.29 is 4.79 Å². The molecule has 1 aromatic rings. The van der Waals surface area contributed by atoms with Crippen LogP contribution in [0.15, 0.2) is 23.1 Å². The van der Waals surface area contributed by atoms with E-state index in [4.69, 9.17) is 0 Å². The Kier molecular flexibility index (Phi) is 2.40. The third-order valence-corrected chi connectivity index (χ3v) is 3.67. The van der Waals surface area contributed by atoms with E-state index in [2.05, 4.69) is 13.0 Å². The fraction of sp³-hybridized carbons (Fsp3) is 0.364. The van der Waals surface area contributed by atoms with Gasteiger partial charge in [0.15, 0.2) is 0 Å². The quantitative estimate of drug-likeness (QED) is 0.685. The van der Waals surface area contributed by atoms with E-state index in [9.17, 15) is 4.79 Å². The molecule has 68 valence electrons.